The number of carboxylic acids is 1. The summed E-state index contributed by atoms with van der Waals surface area (Å²) < 4.78 is 55.2. The highest BCUT2D eigenvalue weighted by Crippen LogP contribution is 2.49. The van der Waals surface area contributed by atoms with E-state index in [1.54, 1.807) is 4.68 Å². The third-order valence-electron chi connectivity index (χ3n) is 5.95. The lowest BCUT2D eigenvalue weighted by atomic mass is 9.93. The largest absolute Gasteiger partial charge is 0.478 e. The summed E-state index contributed by atoms with van der Waals surface area (Å²) in [6.45, 7) is 3.74. The molecule has 6 nitrogen and oxygen atoms in total. The normalized spacial score (nSPS) is 14.8. The number of carbonyl (C=O) groups is 2. The molecule has 10 heteroatoms. The van der Waals surface area contributed by atoms with Gasteiger partial charge in [0.05, 0.1) is 22.7 Å². The van der Waals surface area contributed by atoms with E-state index >= 15 is 4.39 Å². The van der Waals surface area contributed by atoms with E-state index in [9.17, 15) is 27.9 Å². The number of benzene rings is 2. The Hall–Kier alpha value is -3.69. The molecule has 0 aliphatic heterocycles. The van der Waals surface area contributed by atoms with Crippen LogP contribution in [0.4, 0.5) is 23.2 Å². The van der Waals surface area contributed by atoms with Crippen LogP contribution in [-0.2, 0) is 16.4 Å². The number of carboxylic acid groups (broad SMARTS) is 1. The Morgan fingerprint density at radius 1 is 1.15 bits per heavy atom. The molecule has 4 rings (SSSR count). The number of hydrogen-bond donors (Lipinski definition) is 2. The zero-order valence-electron chi connectivity index (χ0n) is 18.3. The van der Waals surface area contributed by atoms with Gasteiger partial charge < -0.3 is 10.4 Å². The Bertz CT molecular complexity index is 1260. The summed E-state index contributed by atoms with van der Waals surface area (Å²) in [6, 6.07) is 6.52. The molecule has 1 aromatic heterocycles. The number of anilines is 1. The first kappa shape index (κ1) is 23.5. The monoisotopic (exact) mass is 475 g/mol. The third-order valence-corrected chi connectivity index (χ3v) is 5.95. The molecular formula is C24H21F4N3O3. The molecule has 1 amide bonds. The Kier molecular flexibility index (Phi) is 5.71. The second-order valence-electron chi connectivity index (χ2n) is 8.60. The van der Waals surface area contributed by atoms with Crippen molar-refractivity contribution < 1.29 is 32.3 Å². The number of rotatable bonds is 6. The summed E-state index contributed by atoms with van der Waals surface area (Å²) in [5.41, 5.74) is -1.73. The lowest BCUT2D eigenvalue weighted by Crippen LogP contribution is -2.28. The molecule has 1 aliphatic carbocycles. The predicted molar refractivity (Wildman–Crippen MR) is 116 cm³/mol. The molecule has 1 fully saturated rings. The topological polar surface area (TPSA) is 84.2 Å². The minimum Gasteiger partial charge on any atom is -0.478 e. The molecule has 0 saturated heterocycles. The number of aromatic nitrogens is 2. The van der Waals surface area contributed by atoms with E-state index in [1.165, 1.54) is 24.5 Å². The van der Waals surface area contributed by atoms with Crippen LogP contribution in [-0.4, -0.2) is 26.8 Å². The summed E-state index contributed by atoms with van der Waals surface area (Å²) in [4.78, 5) is 24.9. The maximum atomic E-state index is 15.1. The van der Waals surface area contributed by atoms with E-state index in [-0.39, 0.29) is 28.4 Å². The number of nitrogens with one attached hydrogen (secondary N) is 1. The van der Waals surface area contributed by atoms with Crippen LogP contribution >= 0.6 is 0 Å². The van der Waals surface area contributed by atoms with E-state index in [4.69, 9.17) is 0 Å². The first-order chi connectivity index (χ1) is 15.9. The van der Waals surface area contributed by atoms with E-state index in [2.05, 4.69) is 10.4 Å². The maximum absolute atomic E-state index is 15.1. The van der Waals surface area contributed by atoms with Gasteiger partial charge in [0.15, 0.2) is 0 Å². The lowest BCUT2D eigenvalue weighted by molar-refractivity contribution is -0.137. The zero-order chi connectivity index (χ0) is 24.8. The van der Waals surface area contributed by atoms with E-state index in [0.717, 1.165) is 24.3 Å². The molecule has 0 bridgehead atoms. The maximum Gasteiger partial charge on any atom is 0.416 e. The molecule has 3 aromatic rings. The molecule has 0 atom stereocenters. The van der Waals surface area contributed by atoms with Crippen molar-refractivity contribution in [2.45, 2.75) is 44.3 Å². The number of alkyl halides is 3. The number of halogens is 4. The average Bonchev–Trinajstić information content (AvgIpc) is 3.43. The zero-order valence-corrected chi connectivity index (χ0v) is 18.3. The van der Waals surface area contributed by atoms with Crippen LogP contribution in [0, 0.1) is 5.82 Å². The highest BCUT2D eigenvalue weighted by molar-refractivity contribution is 6.03. The molecule has 178 valence electrons. The fraction of sp³-hybridized carbons (Fsp3) is 0.292. The van der Waals surface area contributed by atoms with Gasteiger partial charge in [-0.2, -0.15) is 18.3 Å². The number of aromatic carboxylic acids is 1. The van der Waals surface area contributed by atoms with Gasteiger partial charge >= 0.3 is 12.1 Å². The Morgan fingerprint density at radius 2 is 1.79 bits per heavy atom. The van der Waals surface area contributed by atoms with Gasteiger partial charge in [-0.15, -0.1) is 0 Å². The predicted octanol–water partition coefficient (Wildman–Crippen LogP) is 5.66. The van der Waals surface area contributed by atoms with Crippen LogP contribution in [0.5, 0.6) is 0 Å². The number of amides is 1. The highest BCUT2D eigenvalue weighted by Gasteiger charge is 2.51. The van der Waals surface area contributed by atoms with Crippen LogP contribution in [0.25, 0.3) is 11.1 Å². The summed E-state index contributed by atoms with van der Waals surface area (Å²) in [5, 5.41) is 16.3. The Morgan fingerprint density at radius 3 is 2.29 bits per heavy atom. The van der Waals surface area contributed by atoms with Crippen LogP contribution in [0.2, 0.25) is 0 Å². The number of nitrogens with zero attached hydrogens (tertiary/aromatic N) is 2. The lowest BCUT2D eigenvalue weighted by Gasteiger charge is -2.18. The van der Waals surface area contributed by atoms with E-state index < -0.39 is 34.8 Å². The number of carbonyl (C=O) groups excluding carboxylic acids is 1. The molecule has 34 heavy (non-hydrogen) atoms. The van der Waals surface area contributed by atoms with Crippen LogP contribution in [0.3, 0.4) is 0 Å². The molecule has 0 radical (unpaired) electrons. The summed E-state index contributed by atoms with van der Waals surface area (Å²) in [6.07, 6.45) is -0.768. The minimum absolute atomic E-state index is 0.0106. The first-order valence-electron chi connectivity index (χ1n) is 10.5. The minimum atomic E-state index is -4.49. The molecule has 2 aromatic carbocycles. The molecule has 2 N–H and O–H groups in total. The van der Waals surface area contributed by atoms with Crippen molar-refractivity contribution in [3.63, 3.8) is 0 Å². The Labute approximate surface area is 192 Å². The molecule has 0 spiro atoms. The second kappa shape index (κ2) is 8.27. The SMILES string of the molecule is CC(C)n1cc(-c2c(F)cc(NC(=O)C3(c4ccc(C(F)(F)F)cc4)CC3)cc2C(=O)O)cn1. The second-order valence-corrected chi connectivity index (χ2v) is 8.60. The third kappa shape index (κ3) is 4.27. The van der Waals surface area contributed by atoms with Crippen molar-refractivity contribution in [3.8, 4) is 11.1 Å². The van der Waals surface area contributed by atoms with E-state index in [0.29, 0.717) is 18.4 Å². The fourth-order valence-electron chi connectivity index (χ4n) is 3.89. The van der Waals surface area contributed by atoms with Crippen molar-refractivity contribution in [3.05, 3.63) is 71.3 Å². The van der Waals surface area contributed by atoms with Crippen LogP contribution < -0.4 is 5.32 Å². The van der Waals surface area contributed by atoms with Crippen LogP contribution in [0.15, 0.2) is 48.8 Å². The molecule has 1 saturated carbocycles. The van der Waals surface area contributed by atoms with Gasteiger partial charge in [-0.1, -0.05) is 12.1 Å². The smallest absolute Gasteiger partial charge is 0.416 e. The van der Waals surface area contributed by atoms with Crippen LogP contribution in [0.1, 0.15) is 54.2 Å². The van der Waals surface area contributed by atoms with Gasteiger partial charge in [-0.05, 0) is 56.5 Å². The fourth-order valence-corrected chi connectivity index (χ4v) is 3.89. The summed E-state index contributed by atoms with van der Waals surface area (Å²) in [7, 11) is 0. The average molecular weight is 475 g/mol. The van der Waals surface area contributed by atoms with E-state index in [1.807, 2.05) is 13.8 Å². The van der Waals surface area contributed by atoms with Gasteiger partial charge in [0.25, 0.3) is 0 Å². The van der Waals surface area contributed by atoms with Crippen molar-refractivity contribution in [1.82, 2.24) is 9.78 Å². The molecule has 1 aliphatic rings. The molecular weight excluding hydrogens is 454 g/mol. The number of hydrogen-bond acceptors (Lipinski definition) is 3. The van der Waals surface area contributed by atoms with Crippen molar-refractivity contribution in [2.24, 2.45) is 0 Å². The van der Waals surface area contributed by atoms with Gasteiger partial charge in [-0.3, -0.25) is 9.48 Å². The van der Waals surface area contributed by atoms with Gasteiger partial charge in [0.1, 0.15) is 5.82 Å². The van der Waals surface area contributed by atoms with Gasteiger partial charge in [0.2, 0.25) is 5.91 Å². The summed E-state index contributed by atoms with van der Waals surface area (Å²) in [5.74, 6) is -2.77. The van der Waals surface area contributed by atoms with Crippen molar-refractivity contribution in [2.75, 3.05) is 5.32 Å². The van der Waals surface area contributed by atoms with Crippen molar-refractivity contribution in [1.29, 1.82) is 0 Å². The molecule has 0 unspecified atom stereocenters. The van der Waals surface area contributed by atoms with Gasteiger partial charge in [-0.25, -0.2) is 9.18 Å². The van der Waals surface area contributed by atoms with Gasteiger partial charge in [0, 0.05) is 29.1 Å². The standard InChI is InChI=1S/C24H21F4N3O3/c1-13(2)31-12-14(11-29-31)20-18(21(32)33)9-17(10-19(20)25)30-22(34)23(7-8-23)15-3-5-16(6-4-15)24(26,27)28/h3-6,9-13H,7-8H2,1-2H3,(H,30,34)(H,32,33). The summed E-state index contributed by atoms with van der Waals surface area (Å²) >= 11 is 0. The van der Waals surface area contributed by atoms with Crippen molar-refractivity contribution >= 4 is 17.6 Å². The molecule has 1 heterocycles. The Balaban J connectivity index is 1.63. The highest BCUT2D eigenvalue weighted by atomic mass is 19.4. The first-order valence-corrected chi connectivity index (χ1v) is 10.5. The quantitative estimate of drug-likeness (QED) is 0.451.